The van der Waals surface area contributed by atoms with Crippen molar-refractivity contribution in [2.45, 2.75) is 6.42 Å². The quantitative estimate of drug-likeness (QED) is 0.671. The number of carbonyl (C=O) groups excluding carboxylic acids is 2. The van der Waals surface area contributed by atoms with Gasteiger partial charge in [0.1, 0.15) is 5.82 Å². The minimum atomic E-state index is -0.580. The Balaban J connectivity index is 1.50. The summed E-state index contributed by atoms with van der Waals surface area (Å²) in [6.45, 7) is 0.120. The average molecular weight is 354 g/mol. The third-order valence-corrected chi connectivity index (χ3v) is 4.42. The molecule has 1 atom stereocenters. The maximum absolute atomic E-state index is 13.9. The van der Waals surface area contributed by atoms with Gasteiger partial charge in [-0.2, -0.15) is 0 Å². The molecule has 7 nitrogen and oxygen atoms in total. The number of para-hydroxylation sites is 1. The van der Waals surface area contributed by atoms with Crippen LogP contribution in [0.4, 0.5) is 15.8 Å². The molecular formula is C18H15FN4O3. The number of H-pyrrole nitrogens is 2. The second-order valence-electron chi connectivity index (χ2n) is 6.19. The number of amides is 2. The van der Waals surface area contributed by atoms with E-state index in [2.05, 4.69) is 15.3 Å². The van der Waals surface area contributed by atoms with Crippen molar-refractivity contribution in [1.29, 1.82) is 0 Å². The van der Waals surface area contributed by atoms with Crippen LogP contribution in [0, 0.1) is 11.7 Å². The highest BCUT2D eigenvalue weighted by atomic mass is 19.1. The first-order valence-electron chi connectivity index (χ1n) is 8.09. The molecule has 0 aliphatic carbocycles. The molecule has 1 aliphatic rings. The van der Waals surface area contributed by atoms with Crippen LogP contribution in [0.1, 0.15) is 6.42 Å². The molecule has 0 saturated carbocycles. The number of carbonyl (C=O) groups is 2. The van der Waals surface area contributed by atoms with Crippen molar-refractivity contribution in [3.05, 3.63) is 58.8 Å². The number of aromatic nitrogens is 2. The van der Waals surface area contributed by atoms with Gasteiger partial charge >= 0.3 is 5.69 Å². The van der Waals surface area contributed by atoms with E-state index in [1.807, 2.05) is 0 Å². The van der Waals surface area contributed by atoms with Crippen molar-refractivity contribution in [2.24, 2.45) is 5.92 Å². The van der Waals surface area contributed by atoms with E-state index in [0.717, 1.165) is 0 Å². The lowest BCUT2D eigenvalue weighted by Gasteiger charge is -2.17. The van der Waals surface area contributed by atoms with Crippen molar-refractivity contribution in [3.8, 4) is 0 Å². The third kappa shape index (κ3) is 2.85. The number of rotatable bonds is 3. The average Bonchev–Trinajstić information content (AvgIpc) is 3.17. The van der Waals surface area contributed by atoms with E-state index >= 15 is 0 Å². The van der Waals surface area contributed by atoms with Crippen LogP contribution in [0.5, 0.6) is 0 Å². The number of imidazole rings is 1. The number of nitrogens with zero attached hydrogens (tertiary/aromatic N) is 1. The Morgan fingerprint density at radius 3 is 2.69 bits per heavy atom. The third-order valence-electron chi connectivity index (χ3n) is 4.42. The van der Waals surface area contributed by atoms with Crippen LogP contribution >= 0.6 is 0 Å². The number of fused-ring (bicyclic) bond motifs is 1. The number of benzene rings is 2. The van der Waals surface area contributed by atoms with Crippen molar-refractivity contribution in [2.75, 3.05) is 16.8 Å². The van der Waals surface area contributed by atoms with Crippen LogP contribution in [0.25, 0.3) is 11.0 Å². The first kappa shape index (κ1) is 16.1. The van der Waals surface area contributed by atoms with E-state index in [-0.39, 0.29) is 36.2 Å². The van der Waals surface area contributed by atoms with Crippen LogP contribution in [-0.4, -0.2) is 28.3 Å². The predicted molar refractivity (Wildman–Crippen MR) is 94.4 cm³/mol. The van der Waals surface area contributed by atoms with Gasteiger partial charge in [0, 0.05) is 18.7 Å². The Labute approximate surface area is 146 Å². The van der Waals surface area contributed by atoms with Gasteiger partial charge in [-0.1, -0.05) is 12.1 Å². The van der Waals surface area contributed by atoms with Crippen LogP contribution in [0.3, 0.4) is 0 Å². The Bertz CT molecular complexity index is 1070. The van der Waals surface area contributed by atoms with Crippen LogP contribution in [0.15, 0.2) is 47.3 Å². The van der Waals surface area contributed by atoms with Gasteiger partial charge in [-0.3, -0.25) is 9.59 Å². The van der Waals surface area contributed by atoms with Crippen LogP contribution < -0.4 is 15.9 Å². The van der Waals surface area contributed by atoms with Gasteiger partial charge in [0.2, 0.25) is 11.8 Å². The molecule has 3 N–H and O–H groups in total. The summed E-state index contributed by atoms with van der Waals surface area (Å²) >= 11 is 0. The Kier molecular flexibility index (Phi) is 3.80. The molecule has 1 aliphatic heterocycles. The fourth-order valence-corrected chi connectivity index (χ4v) is 3.14. The second-order valence-corrected chi connectivity index (χ2v) is 6.19. The minimum absolute atomic E-state index is 0.0173. The molecule has 2 heterocycles. The molecular weight excluding hydrogens is 339 g/mol. The van der Waals surface area contributed by atoms with E-state index in [1.54, 1.807) is 30.3 Å². The summed E-state index contributed by atoms with van der Waals surface area (Å²) in [6.07, 6.45) is 0.0173. The Hall–Kier alpha value is -3.42. The van der Waals surface area contributed by atoms with Crippen molar-refractivity contribution >= 4 is 34.2 Å². The normalized spacial score (nSPS) is 17.0. The zero-order valence-electron chi connectivity index (χ0n) is 13.6. The summed E-state index contributed by atoms with van der Waals surface area (Å²) in [4.78, 5) is 42.5. The van der Waals surface area contributed by atoms with Crippen molar-refractivity contribution < 1.29 is 14.0 Å². The van der Waals surface area contributed by atoms with E-state index in [1.165, 1.54) is 17.0 Å². The maximum atomic E-state index is 13.9. The molecule has 1 aromatic heterocycles. The lowest BCUT2D eigenvalue weighted by atomic mass is 10.1. The lowest BCUT2D eigenvalue weighted by molar-refractivity contribution is -0.122. The van der Waals surface area contributed by atoms with Gasteiger partial charge < -0.3 is 20.2 Å². The van der Waals surface area contributed by atoms with Crippen LogP contribution in [0.2, 0.25) is 0 Å². The predicted octanol–water partition coefficient (Wildman–Crippen LogP) is 1.99. The van der Waals surface area contributed by atoms with Crippen molar-refractivity contribution in [1.82, 2.24) is 9.97 Å². The van der Waals surface area contributed by atoms with Gasteiger partial charge in [0.15, 0.2) is 0 Å². The van der Waals surface area contributed by atoms with E-state index < -0.39 is 11.7 Å². The highest BCUT2D eigenvalue weighted by molar-refractivity contribution is 6.04. The molecule has 8 heteroatoms. The highest BCUT2D eigenvalue weighted by Gasteiger charge is 2.36. The molecule has 0 spiro atoms. The minimum Gasteiger partial charge on any atom is -0.326 e. The molecule has 132 valence electrons. The zero-order chi connectivity index (χ0) is 18.3. The molecule has 0 bridgehead atoms. The van der Waals surface area contributed by atoms with E-state index in [4.69, 9.17) is 0 Å². The summed E-state index contributed by atoms with van der Waals surface area (Å²) in [5.41, 5.74) is 1.57. The molecule has 1 saturated heterocycles. The first-order valence-corrected chi connectivity index (χ1v) is 8.09. The molecule has 4 rings (SSSR count). The fourth-order valence-electron chi connectivity index (χ4n) is 3.14. The number of nitrogens with one attached hydrogen (secondary N) is 3. The summed E-state index contributed by atoms with van der Waals surface area (Å²) < 4.78 is 13.9. The summed E-state index contributed by atoms with van der Waals surface area (Å²) in [5.74, 6) is -1.69. The summed E-state index contributed by atoms with van der Waals surface area (Å²) in [7, 11) is 0. The second kappa shape index (κ2) is 6.14. The van der Waals surface area contributed by atoms with Gasteiger partial charge in [-0.05, 0) is 30.3 Å². The van der Waals surface area contributed by atoms with E-state index in [9.17, 15) is 18.8 Å². The summed E-state index contributed by atoms with van der Waals surface area (Å²) in [5, 5.41) is 2.74. The molecule has 1 fully saturated rings. The number of anilines is 2. The monoisotopic (exact) mass is 354 g/mol. The number of hydrogen-bond donors (Lipinski definition) is 3. The molecule has 1 unspecified atom stereocenters. The van der Waals surface area contributed by atoms with E-state index in [0.29, 0.717) is 16.7 Å². The molecule has 2 aromatic carbocycles. The lowest BCUT2D eigenvalue weighted by Crippen LogP contribution is -2.28. The fraction of sp³-hybridized carbons (Fsp3) is 0.167. The highest BCUT2D eigenvalue weighted by Crippen LogP contribution is 2.28. The summed E-state index contributed by atoms with van der Waals surface area (Å²) in [6, 6.07) is 11.0. The standard InChI is InChI=1S/C18H15FN4O3/c19-12-3-1-2-4-15(12)23-9-10(7-16(23)24)17(25)20-11-5-6-13-14(8-11)22-18(26)21-13/h1-6,8,10H,7,9H2,(H,20,25)(H2,21,22,26). The van der Waals surface area contributed by atoms with Gasteiger partial charge in [-0.25, -0.2) is 9.18 Å². The smallest absolute Gasteiger partial charge is 0.323 e. The van der Waals surface area contributed by atoms with Gasteiger partial charge in [0.05, 0.1) is 22.6 Å². The Morgan fingerprint density at radius 1 is 1.12 bits per heavy atom. The largest absolute Gasteiger partial charge is 0.326 e. The maximum Gasteiger partial charge on any atom is 0.323 e. The first-order chi connectivity index (χ1) is 12.5. The molecule has 3 aromatic rings. The van der Waals surface area contributed by atoms with Gasteiger partial charge in [-0.15, -0.1) is 0 Å². The topological polar surface area (TPSA) is 98.1 Å². The number of hydrogen-bond acceptors (Lipinski definition) is 3. The molecule has 2 amide bonds. The van der Waals surface area contributed by atoms with Crippen LogP contribution in [-0.2, 0) is 9.59 Å². The zero-order valence-corrected chi connectivity index (χ0v) is 13.6. The number of halogens is 1. The molecule has 0 radical (unpaired) electrons. The van der Waals surface area contributed by atoms with Crippen molar-refractivity contribution in [3.63, 3.8) is 0 Å². The number of aromatic amines is 2. The SMILES string of the molecule is O=C(Nc1ccc2[nH]c(=O)[nH]c2c1)C1CC(=O)N(c2ccccc2F)C1. The van der Waals surface area contributed by atoms with Gasteiger partial charge in [0.25, 0.3) is 0 Å². The molecule has 26 heavy (non-hydrogen) atoms. The Morgan fingerprint density at radius 2 is 1.88 bits per heavy atom.